The van der Waals surface area contributed by atoms with Crippen molar-refractivity contribution in [2.24, 2.45) is 0 Å². The van der Waals surface area contributed by atoms with Crippen LogP contribution >= 0.6 is 11.6 Å². The normalized spacial score (nSPS) is 15.1. The molecular weight excluding hydrogens is 306 g/mol. The van der Waals surface area contributed by atoms with Crippen LogP contribution in [0.1, 0.15) is 16.9 Å². The SMILES string of the molecule is O=C(O)Oc1cc2c(o1)CCN(Cc1ccccc1Cl)CC2. The summed E-state index contributed by atoms with van der Waals surface area (Å²) in [7, 11) is 0. The third-order valence-corrected chi connectivity index (χ3v) is 4.13. The molecule has 0 atom stereocenters. The largest absolute Gasteiger partial charge is 0.513 e. The summed E-state index contributed by atoms with van der Waals surface area (Å²) in [5.74, 6) is 0.856. The van der Waals surface area contributed by atoms with Crippen molar-refractivity contribution >= 4 is 17.8 Å². The van der Waals surface area contributed by atoms with Crippen molar-refractivity contribution in [1.82, 2.24) is 4.90 Å². The number of furan rings is 1. The summed E-state index contributed by atoms with van der Waals surface area (Å²) < 4.78 is 10.0. The van der Waals surface area contributed by atoms with Crippen LogP contribution in [-0.2, 0) is 19.4 Å². The molecule has 2 heterocycles. The van der Waals surface area contributed by atoms with Gasteiger partial charge in [-0.15, -0.1) is 0 Å². The van der Waals surface area contributed by atoms with Crippen molar-refractivity contribution in [3.63, 3.8) is 0 Å². The highest BCUT2D eigenvalue weighted by Gasteiger charge is 2.20. The van der Waals surface area contributed by atoms with Crippen LogP contribution in [0.3, 0.4) is 0 Å². The second kappa shape index (κ2) is 6.42. The topological polar surface area (TPSA) is 62.9 Å². The Morgan fingerprint density at radius 3 is 2.86 bits per heavy atom. The third kappa shape index (κ3) is 3.43. The summed E-state index contributed by atoms with van der Waals surface area (Å²) in [5, 5.41) is 9.39. The molecule has 0 fully saturated rings. The number of carbonyl (C=O) groups is 1. The zero-order valence-corrected chi connectivity index (χ0v) is 12.7. The van der Waals surface area contributed by atoms with Crippen molar-refractivity contribution in [3.05, 3.63) is 52.2 Å². The predicted octanol–water partition coefficient (Wildman–Crippen LogP) is 3.59. The minimum atomic E-state index is -1.36. The van der Waals surface area contributed by atoms with Crippen LogP contribution in [-0.4, -0.2) is 29.3 Å². The van der Waals surface area contributed by atoms with E-state index in [0.29, 0.717) is 0 Å². The van der Waals surface area contributed by atoms with Crippen LogP contribution < -0.4 is 4.74 Å². The Bertz CT molecular complexity index is 657. The maximum atomic E-state index is 10.5. The van der Waals surface area contributed by atoms with E-state index in [4.69, 9.17) is 21.1 Å². The molecule has 1 aromatic carbocycles. The van der Waals surface area contributed by atoms with E-state index in [2.05, 4.69) is 9.64 Å². The molecular formula is C16H16ClNO4. The number of benzene rings is 1. The van der Waals surface area contributed by atoms with Gasteiger partial charge in [0.05, 0.1) is 0 Å². The van der Waals surface area contributed by atoms with Crippen LogP contribution in [0.5, 0.6) is 5.95 Å². The second-order valence-corrected chi connectivity index (χ2v) is 5.66. The minimum absolute atomic E-state index is 0.0528. The van der Waals surface area contributed by atoms with E-state index in [1.807, 2.05) is 24.3 Å². The smallest absolute Gasteiger partial charge is 0.449 e. The average molecular weight is 322 g/mol. The highest BCUT2D eigenvalue weighted by atomic mass is 35.5. The van der Waals surface area contributed by atoms with E-state index >= 15 is 0 Å². The summed E-state index contributed by atoms with van der Waals surface area (Å²) in [6.07, 6.45) is 0.166. The van der Waals surface area contributed by atoms with Gasteiger partial charge >= 0.3 is 6.16 Å². The molecule has 22 heavy (non-hydrogen) atoms. The van der Waals surface area contributed by atoms with Crippen LogP contribution in [0.4, 0.5) is 4.79 Å². The van der Waals surface area contributed by atoms with E-state index in [1.165, 1.54) is 0 Å². The van der Waals surface area contributed by atoms with E-state index in [-0.39, 0.29) is 5.95 Å². The highest BCUT2D eigenvalue weighted by molar-refractivity contribution is 6.31. The van der Waals surface area contributed by atoms with Crippen LogP contribution in [0, 0.1) is 0 Å². The lowest BCUT2D eigenvalue weighted by atomic mass is 10.2. The van der Waals surface area contributed by atoms with Gasteiger partial charge in [-0.1, -0.05) is 29.8 Å². The molecule has 0 saturated carbocycles. The summed E-state index contributed by atoms with van der Waals surface area (Å²) in [4.78, 5) is 12.8. The molecule has 1 N–H and O–H groups in total. The number of hydrogen-bond donors (Lipinski definition) is 1. The summed E-state index contributed by atoms with van der Waals surface area (Å²) >= 11 is 6.20. The second-order valence-electron chi connectivity index (χ2n) is 5.25. The van der Waals surface area contributed by atoms with Crippen molar-refractivity contribution in [1.29, 1.82) is 0 Å². The van der Waals surface area contributed by atoms with Crippen LogP contribution in [0.15, 0.2) is 34.7 Å². The quantitative estimate of drug-likeness (QED) is 0.875. The van der Waals surface area contributed by atoms with Gasteiger partial charge in [-0.05, 0) is 23.6 Å². The number of fused-ring (bicyclic) bond motifs is 1. The molecule has 0 spiro atoms. The van der Waals surface area contributed by atoms with Crippen molar-refractivity contribution in [2.45, 2.75) is 19.4 Å². The minimum Gasteiger partial charge on any atom is -0.449 e. The van der Waals surface area contributed by atoms with Crippen LogP contribution in [0.2, 0.25) is 5.02 Å². The molecule has 0 saturated heterocycles. The maximum absolute atomic E-state index is 10.5. The number of hydrogen-bond acceptors (Lipinski definition) is 4. The molecule has 0 aliphatic carbocycles. The first-order chi connectivity index (χ1) is 10.6. The fourth-order valence-corrected chi connectivity index (χ4v) is 2.87. The Morgan fingerprint density at radius 2 is 2.09 bits per heavy atom. The Labute approximate surface area is 133 Å². The standard InChI is InChI=1S/C16H16ClNO4/c17-13-4-2-1-3-12(13)10-18-7-5-11-9-15(22-16(19)20)21-14(11)6-8-18/h1-4,9H,5-8,10H2,(H,19,20). The molecule has 0 unspecified atom stereocenters. The molecule has 3 rings (SSSR count). The highest BCUT2D eigenvalue weighted by Crippen LogP contribution is 2.26. The fraction of sp³-hybridized carbons (Fsp3) is 0.312. The summed E-state index contributed by atoms with van der Waals surface area (Å²) in [5.41, 5.74) is 2.12. The summed E-state index contributed by atoms with van der Waals surface area (Å²) in [6.45, 7) is 2.49. The zero-order chi connectivity index (χ0) is 15.5. The van der Waals surface area contributed by atoms with E-state index < -0.39 is 6.16 Å². The lowest BCUT2D eigenvalue weighted by molar-refractivity contribution is 0.132. The molecule has 1 aliphatic heterocycles. The van der Waals surface area contributed by atoms with Crippen LogP contribution in [0.25, 0.3) is 0 Å². The van der Waals surface area contributed by atoms with E-state index in [0.717, 1.165) is 54.4 Å². The van der Waals surface area contributed by atoms with Gasteiger partial charge in [-0.25, -0.2) is 4.79 Å². The Hall–Kier alpha value is -1.98. The molecule has 116 valence electrons. The van der Waals surface area contributed by atoms with Crippen molar-refractivity contribution < 1.29 is 19.1 Å². The first-order valence-electron chi connectivity index (χ1n) is 7.10. The van der Waals surface area contributed by atoms with Gasteiger partial charge in [0.15, 0.2) is 0 Å². The molecule has 1 aromatic heterocycles. The predicted molar refractivity (Wildman–Crippen MR) is 81.5 cm³/mol. The van der Waals surface area contributed by atoms with E-state index in [9.17, 15) is 4.79 Å². The first-order valence-corrected chi connectivity index (χ1v) is 7.48. The Morgan fingerprint density at radius 1 is 1.32 bits per heavy atom. The molecule has 1 aliphatic rings. The van der Waals surface area contributed by atoms with Gasteiger partial charge < -0.3 is 14.3 Å². The van der Waals surface area contributed by atoms with Crippen molar-refractivity contribution in [2.75, 3.05) is 13.1 Å². The molecule has 6 heteroatoms. The number of rotatable bonds is 3. The molecule has 0 amide bonds. The average Bonchev–Trinajstić information content (AvgIpc) is 2.75. The van der Waals surface area contributed by atoms with Gasteiger partial charge in [0, 0.05) is 37.1 Å². The lowest BCUT2D eigenvalue weighted by Crippen LogP contribution is -2.26. The zero-order valence-electron chi connectivity index (χ0n) is 11.9. The number of carboxylic acid groups (broad SMARTS) is 1. The van der Waals surface area contributed by atoms with E-state index in [1.54, 1.807) is 6.07 Å². The first kappa shape index (κ1) is 14.9. The maximum Gasteiger partial charge on any atom is 0.513 e. The number of nitrogens with zero attached hydrogens (tertiary/aromatic N) is 1. The Kier molecular flexibility index (Phi) is 4.36. The monoisotopic (exact) mass is 321 g/mol. The van der Waals surface area contributed by atoms with Gasteiger partial charge in [0.25, 0.3) is 5.95 Å². The van der Waals surface area contributed by atoms with Gasteiger partial charge in [0.2, 0.25) is 0 Å². The number of ether oxygens (including phenoxy) is 1. The van der Waals surface area contributed by atoms with Crippen molar-refractivity contribution in [3.8, 4) is 5.95 Å². The molecule has 0 radical (unpaired) electrons. The fourth-order valence-electron chi connectivity index (χ4n) is 2.67. The third-order valence-electron chi connectivity index (χ3n) is 3.77. The van der Waals surface area contributed by atoms with Gasteiger partial charge in [-0.3, -0.25) is 4.90 Å². The lowest BCUT2D eigenvalue weighted by Gasteiger charge is -2.20. The molecule has 5 nitrogen and oxygen atoms in total. The van der Waals surface area contributed by atoms with Gasteiger partial charge in [0.1, 0.15) is 5.76 Å². The molecule has 2 aromatic rings. The molecule has 0 bridgehead atoms. The Balaban J connectivity index is 1.65. The number of halogens is 1. The summed E-state index contributed by atoms with van der Waals surface area (Å²) in [6, 6.07) is 9.51. The van der Waals surface area contributed by atoms with Gasteiger partial charge in [-0.2, -0.15) is 0 Å².